The van der Waals surface area contributed by atoms with Gasteiger partial charge in [0.25, 0.3) is 11.5 Å². The standard InChI is InChI=1S/C31H33N3O4S/c1-18(2)17-32-29(36)23-9-14-26-27(16-23)33-31(34(30(26)37)24-10-12-25(38-6)13-11-24)39-21(5)28(35)22-8-7-19(3)20(4)15-22/h7-16,18,21H,17H2,1-6H3,(H,32,36). The van der Waals surface area contributed by atoms with E-state index in [4.69, 9.17) is 9.72 Å². The molecule has 0 spiro atoms. The number of amides is 1. The summed E-state index contributed by atoms with van der Waals surface area (Å²) in [6, 6.07) is 17.7. The zero-order valence-electron chi connectivity index (χ0n) is 23.1. The van der Waals surface area contributed by atoms with Crippen molar-refractivity contribution >= 4 is 34.4 Å². The van der Waals surface area contributed by atoms with E-state index in [0.717, 1.165) is 11.1 Å². The van der Waals surface area contributed by atoms with Gasteiger partial charge in [0.05, 0.1) is 29.0 Å². The average Bonchev–Trinajstić information content (AvgIpc) is 2.92. The fraction of sp³-hybridized carbons (Fsp3) is 0.290. The number of Topliss-reactive ketones (excluding diaryl/α,β-unsaturated/α-hetero) is 1. The molecule has 1 unspecified atom stereocenters. The van der Waals surface area contributed by atoms with Crippen molar-refractivity contribution in [1.82, 2.24) is 14.9 Å². The van der Waals surface area contributed by atoms with Gasteiger partial charge in [-0.2, -0.15) is 0 Å². The Bertz CT molecular complexity index is 1590. The van der Waals surface area contributed by atoms with Crippen LogP contribution in [0.5, 0.6) is 5.75 Å². The van der Waals surface area contributed by atoms with E-state index in [9.17, 15) is 14.4 Å². The van der Waals surface area contributed by atoms with Crippen LogP contribution in [0, 0.1) is 19.8 Å². The van der Waals surface area contributed by atoms with Crippen LogP contribution in [0.15, 0.2) is 70.6 Å². The Morgan fingerprint density at radius 1 is 0.949 bits per heavy atom. The Kier molecular flexibility index (Phi) is 8.55. The first-order chi connectivity index (χ1) is 18.6. The first-order valence-electron chi connectivity index (χ1n) is 12.9. The molecular weight excluding hydrogens is 510 g/mol. The highest BCUT2D eigenvalue weighted by atomic mass is 32.2. The SMILES string of the molecule is COc1ccc(-n2c(SC(C)C(=O)c3ccc(C)c(C)c3)nc3cc(C(=O)NCC(C)C)ccc3c2=O)cc1. The van der Waals surface area contributed by atoms with Gasteiger partial charge in [-0.15, -0.1) is 0 Å². The minimum Gasteiger partial charge on any atom is -0.497 e. The molecule has 3 aromatic carbocycles. The van der Waals surface area contributed by atoms with Crippen LogP contribution in [0.25, 0.3) is 16.6 Å². The van der Waals surface area contributed by atoms with Crippen molar-refractivity contribution in [2.45, 2.75) is 45.0 Å². The van der Waals surface area contributed by atoms with Gasteiger partial charge in [0.15, 0.2) is 10.9 Å². The van der Waals surface area contributed by atoms with Gasteiger partial charge < -0.3 is 10.1 Å². The minimum atomic E-state index is -0.515. The van der Waals surface area contributed by atoms with E-state index in [1.165, 1.54) is 16.3 Å². The van der Waals surface area contributed by atoms with Crippen molar-refractivity contribution in [1.29, 1.82) is 0 Å². The van der Waals surface area contributed by atoms with Crippen molar-refractivity contribution in [3.63, 3.8) is 0 Å². The van der Waals surface area contributed by atoms with E-state index in [2.05, 4.69) is 5.32 Å². The summed E-state index contributed by atoms with van der Waals surface area (Å²) in [5.41, 5.74) is 3.91. The lowest BCUT2D eigenvalue weighted by molar-refractivity contribution is 0.0948. The molecule has 0 aliphatic heterocycles. The maximum Gasteiger partial charge on any atom is 0.266 e. The van der Waals surface area contributed by atoms with Crippen LogP contribution in [-0.2, 0) is 0 Å². The second kappa shape index (κ2) is 11.9. The fourth-order valence-corrected chi connectivity index (χ4v) is 5.09. The zero-order chi connectivity index (χ0) is 28.3. The molecule has 0 radical (unpaired) electrons. The maximum absolute atomic E-state index is 13.8. The largest absolute Gasteiger partial charge is 0.497 e. The number of methoxy groups -OCH3 is 1. The number of nitrogens with zero attached hydrogens (tertiary/aromatic N) is 2. The molecule has 0 aliphatic carbocycles. The Hall–Kier alpha value is -3.91. The summed E-state index contributed by atoms with van der Waals surface area (Å²) in [5.74, 6) is 0.688. The Balaban J connectivity index is 1.80. The Labute approximate surface area is 232 Å². The van der Waals surface area contributed by atoms with Crippen molar-refractivity contribution < 1.29 is 14.3 Å². The Morgan fingerprint density at radius 2 is 1.64 bits per heavy atom. The Morgan fingerprint density at radius 3 is 2.28 bits per heavy atom. The molecule has 202 valence electrons. The summed E-state index contributed by atoms with van der Waals surface area (Å²) in [5, 5.41) is 3.13. The molecule has 1 aromatic heterocycles. The van der Waals surface area contributed by atoms with Crippen LogP contribution < -0.4 is 15.6 Å². The summed E-state index contributed by atoms with van der Waals surface area (Å²) < 4.78 is 6.79. The number of fused-ring (bicyclic) bond motifs is 1. The number of carbonyl (C=O) groups excluding carboxylic acids is 2. The third kappa shape index (κ3) is 6.23. The first kappa shape index (κ1) is 28.1. The van der Waals surface area contributed by atoms with E-state index in [1.54, 1.807) is 49.6 Å². The first-order valence-corrected chi connectivity index (χ1v) is 13.7. The van der Waals surface area contributed by atoms with Crippen LogP contribution in [0.1, 0.15) is 52.6 Å². The minimum absolute atomic E-state index is 0.0551. The number of carbonyl (C=O) groups is 2. The molecule has 1 heterocycles. The highest BCUT2D eigenvalue weighted by molar-refractivity contribution is 8.00. The zero-order valence-corrected chi connectivity index (χ0v) is 23.9. The van der Waals surface area contributed by atoms with Crippen LogP contribution >= 0.6 is 11.8 Å². The van der Waals surface area contributed by atoms with Gasteiger partial charge in [0.2, 0.25) is 0 Å². The molecule has 1 N–H and O–H groups in total. The smallest absolute Gasteiger partial charge is 0.266 e. The number of thioether (sulfide) groups is 1. The molecule has 1 atom stereocenters. The molecule has 4 rings (SSSR count). The number of nitrogens with one attached hydrogen (secondary N) is 1. The van der Waals surface area contributed by atoms with Crippen LogP contribution in [0.2, 0.25) is 0 Å². The van der Waals surface area contributed by atoms with Crippen molar-refractivity contribution in [2.24, 2.45) is 5.92 Å². The van der Waals surface area contributed by atoms with Crippen molar-refractivity contribution in [3.8, 4) is 11.4 Å². The molecule has 0 saturated carbocycles. The number of ether oxygens (including phenoxy) is 1. The molecule has 39 heavy (non-hydrogen) atoms. The summed E-state index contributed by atoms with van der Waals surface area (Å²) in [6.07, 6.45) is 0. The van der Waals surface area contributed by atoms with Gasteiger partial charge >= 0.3 is 0 Å². The van der Waals surface area contributed by atoms with Crippen LogP contribution in [0.3, 0.4) is 0 Å². The summed E-state index contributed by atoms with van der Waals surface area (Å²) in [7, 11) is 1.58. The molecule has 4 aromatic rings. The summed E-state index contributed by atoms with van der Waals surface area (Å²) >= 11 is 1.22. The fourth-order valence-electron chi connectivity index (χ4n) is 4.08. The molecule has 0 saturated heterocycles. The molecular formula is C31H33N3O4S. The third-order valence-electron chi connectivity index (χ3n) is 6.55. The molecule has 1 amide bonds. The van der Waals surface area contributed by atoms with Gasteiger partial charge in [-0.3, -0.25) is 19.0 Å². The molecule has 8 heteroatoms. The van der Waals surface area contributed by atoms with Crippen molar-refractivity contribution in [2.75, 3.05) is 13.7 Å². The topological polar surface area (TPSA) is 90.3 Å². The summed E-state index contributed by atoms with van der Waals surface area (Å²) in [4.78, 5) is 44.7. The molecule has 0 aliphatic rings. The van der Waals surface area contributed by atoms with E-state index in [1.807, 2.05) is 52.8 Å². The predicted molar refractivity (Wildman–Crippen MR) is 157 cm³/mol. The normalized spacial score (nSPS) is 12.0. The second-order valence-corrected chi connectivity index (χ2v) is 11.3. The molecule has 0 bridgehead atoms. The number of benzene rings is 3. The van der Waals surface area contributed by atoms with E-state index >= 15 is 0 Å². The third-order valence-corrected chi connectivity index (χ3v) is 7.60. The van der Waals surface area contributed by atoms with Gasteiger partial charge in [0, 0.05) is 17.7 Å². The maximum atomic E-state index is 13.8. The van der Waals surface area contributed by atoms with Gasteiger partial charge in [-0.25, -0.2) is 4.98 Å². The average molecular weight is 544 g/mol. The lowest BCUT2D eigenvalue weighted by atomic mass is 10.0. The van der Waals surface area contributed by atoms with Crippen LogP contribution in [-0.4, -0.2) is 40.1 Å². The summed E-state index contributed by atoms with van der Waals surface area (Å²) in [6.45, 7) is 10.4. The number of rotatable bonds is 9. The van der Waals surface area contributed by atoms with E-state index < -0.39 is 5.25 Å². The highest BCUT2D eigenvalue weighted by Gasteiger charge is 2.22. The number of hydrogen-bond acceptors (Lipinski definition) is 6. The molecule has 0 fully saturated rings. The number of aromatic nitrogens is 2. The van der Waals surface area contributed by atoms with Gasteiger partial charge in [0.1, 0.15) is 5.75 Å². The van der Waals surface area contributed by atoms with E-state index in [0.29, 0.717) is 51.1 Å². The lowest BCUT2D eigenvalue weighted by Crippen LogP contribution is -2.27. The molecule has 7 nitrogen and oxygen atoms in total. The van der Waals surface area contributed by atoms with E-state index in [-0.39, 0.29) is 17.2 Å². The highest BCUT2D eigenvalue weighted by Crippen LogP contribution is 2.28. The van der Waals surface area contributed by atoms with Gasteiger partial charge in [-0.1, -0.05) is 37.7 Å². The predicted octanol–water partition coefficient (Wildman–Crippen LogP) is 5.76. The number of ketones is 1. The van der Waals surface area contributed by atoms with Gasteiger partial charge in [-0.05, 0) is 86.3 Å². The second-order valence-electron chi connectivity index (χ2n) is 9.99. The monoisotopic (exact) mass is 543 g/mol. The number of hydrogen-bond donors (Lipinski definition) is 1. The number of aryl methyl sites for hydroxylation is 2. The lowest BCUT2D eigenvalue weighted by Gasteiger charge is -2.17. The quantitative estimate of drug-likeness (QED) is 0.164. The van der Waals surface area contributed by atoms with Crippen LogP contribution in [0.4, 0.5) is 0 Å². The van der Waals surface area contributed by atoms with Crippen molar-refractivity contribution in [3.05, 3.63) is 93.3 Å².